The normalized spacial score (nSPS) is 14.8. The molecule has 2 aromatic carbocycles. The third-order valence-electron chi connectivity index (χ3n) is 3.63. The first kappa shape index (κ1) is 11.3. The summed E-state index contributed by atoms with van der Waals surface area (Å²) in [4.78, 5) is 0. The summed E-state index contributed by atoms with van der Waals surface area (Å²) in [6.07, 6.45) is 11.7. The molecule has 0 spiro atoms. The van der Waals surface area contributed by atoms with Gasteiger partial charge in [0, 0.05) is 0 Å². The summed E-state index contributed by atoms with van der Waals surface area (Å²) in [5.74, 6) is 0. The highest BCUT2D eigenvalue weighted by Gasteiger charge is 2.02. The maximum Gasteiger partial charge on any atom is -0.0152 e. The average molecular weight is 234 g/mol. The van der Waals surface area contributed by atoms with Crippen molar-refractivity contribution in [2.45, 2.75) is 25.7 Å². The maximum atomic E-state index is 2.38. The zero-order valence-electron chi connectivity index (χ0n) is 10.6. The Morgan fingerprint density at radius 1 is 0.833 bits per heavy atom. The van der Waals surface area contributed by atoms with Crippen molar-refractivity contribution >= 4 is 10.8 Å². The van der Waals surface area contributed by atoms with Gasteiger partial charge in [-0.25, -0.2) is 0 Å². The van der Waals surface area contributed by atoms with E-state index in [0.29, 0.717) is 0 Å². The van der Waals surface area contributed by atoms with Crippen LogP contribution < -0.4 is 0 Å². The Balaban J connectivity index is 1.82. The lowest BCUT2D eigenvalue weighted by Crippen LogP contribution is -1.91. The van der Waals surface area contributed by atoms with Gasteiger partial charge in [0.1, 0.15) is 0 Å². The van der Waals surface area contributed by atoms with E-state index in [9.17, 15) is 0 Å². The molecular weight excluding hydrogens is 216 g/mol. The largest absolute Gasteiger partial charge is 0.0840 e. The second-order valence-corrected chi connectivity index (χ2v) is 4.90. The zero-order chi connectivity index (χ0) is 12.2. The van der Waals surface area contributed by atoms with Crippen LogP contribution in [0.3, 0.4) is 0 Å². The summed E-state index contributed by atoms with van der Waals surface area (Å²) in [6, 6.07) is 15.3. The summed E-state index contributed by atoms with van der Waals surface area (Å²) in [5.41, 5.74) is 2.96. The molecule has 0 atom stereocenters. The van der Waals surface area contributed by atoms with E-state index in [0.717, 1.165) is 12.8 Å². The van der Waals surface area contributed by atoms with E-state index in [1.54, 1.807) is 0 Å². The second kappa shape index (κ2) is 5.22. The molecule has 0 saturated carbocycles. The molecule has 2 aromatic rings. The molecule has 1 aliphatic rings. The molecule has 0 amide bonds. The van der Waals surface area contributed by atoms with Gasteiger partial charge in [0.05, 0.1) is 0 Å². The van der Waals surface area contributed by atoms with Gasteiger partial charge in [0.15, 0.2) is 0 Å². The van der Waals surface area contributed by atoms with E-state index in [2.05, 4.69) is 60.7 Å². The lowest BCUT2D eigenvalue weighted by atomic mass is 9.96. The second-order valence-electron chi connectivity index (χ2n) is 4.90. The van der Waals surface area contributed by atoms with Crippen molar-refractivity contribution in [1.29, 1.82) is 0 Å². The zero-order valence-corrected chi connectivity index (χ0v) is 10.6. The minimum absolute atomic E-state index is 1.14. The molecule has 0 heteroatoms. The Kier molecular flexibility index (Phi) is 3.27. The van der Waals surface area contributed by atoms with Gasteiger partial charge in [-0.2, -0.15) is 0 Å². The Morgan fingerprint density at radius 2 is 1.72 bits per heavy atom. The highest BCUT2D eigenvalue weighted by atomic mass is 14.1. The first-order valence-corrected chi connectivity index (χ1v) is 6.76. The molecule has 0 aliphatic heterocycles. The molecule has 0 saturated heterocycles. The minimum atomic E-state index is 1.14. The van der Waals surface area contributed by atoms with Crippen LogP contribution in [0.1, 0.15) is 24.8 Å². The van der Waals surface area contributed by atoms with E-state index in [1.165, 1.54) is 34.8 Å². The number of aryl methyl sites for hydroxylation is 1. The Bertz CT molecular complexity index is 597. The van der Waals surface area contributed by atoms with E-state index < -0.39 is 0 Å². The molecule has 0 heterocycles. The summed E-state index contributed by atoms with van der Waals surface area (Å²) in [7, 11) is 0. The highest BCUT2D eigenvalue weighted by molar-refractivity contribution is 5.85. The summed E-state index contributed by atoms with van der Waals surface area (Å²) in [6.45, 7) is 0. The van der Waals surface area contributed by atoms with Crippen LogP contribution in [0.15, 0.2) is 66.3 Å². The van der Waals surface area contributed by atoms with Gasteiger partial charge in [0.2, 0.25) is 0 Å². The molecular formula is C18H18. The summed E-state index contributed by atoms with van der Waals surface area (Å²) in [5, 5.41) is 2.75. The molecule has 0 fully saturated rings. The van der Waals surface area contributed by atoms with Crippen LogP contribution in [0.4, 0.5) is 0 Å². The molecule has 18 heavy (non-hydrogen) atoms. The van der Waals surface area contributed by atoms with Crippen molar-refractivity contribution in [2.24, 2.45) is 0 Å². The van der Waals surface area contributed by atoms with Crippen LogP contribution in [0.5, 0.6) is 0 Å². The molecule has 3 rings (SSSR count). The maximum absolute atomic E-state index is 2.38. The molecule has 0 aromatic heterocycles. The van der Waals surface area contributed by atoms with Crippen LogP contribution in [0, 0.1) is 0 Å². The SMILES string of the molecule is C1=CC(CCc2cccc3ccccc23)=CCC1. The Hall–Kier alpha value is -1.82. The lowest BCUT2D eigenvalue weighted by molar-refractivity contribution is 0.925. The Labute approximate surface area is 109 Å². The van der Waals surface area contributed by atoms with Crippen LogP contribution in [-0.2, 0) is 6.42 Å². The smallest absolute Gasteiger partial charge is 0.0152 e. The third kappa shape index (κ3) is 2.38. The monoisotopic (exact) mass is 234 g/mol. The van der Waals surface area contributed by atoms with E-state index >= 15 is 0 Å². The van der Waals surface area contributed by atoms with Gasteiger partial charge < -0.3 is 0 Å². The number of benzene rings is 2. The predicted octanol–water partition coefficient (Wildman–Crippen LogP) is 5.05. The van der Waals surface area contributed by atoms with Crippen molar-refractivity contribution in [1.82, 2.24) is 0 Å². The summed E-state index contributed by atoms with van der Waals surface area (Å²) < 4.78 is 0. The number of hydrogen-bond donors (Lipinski definition) is 0. The van der Waals surface area contributed by atoms with Crippen LogP contribution in [0.25, 0.3) is 10.8 Å². The topological polar surface area (TPSA) is 0 Å². The van der Waals surface area contributed by atoms with Crippen molar-refractivity contribution in [3.05, 3.63) is 71.8 Å². The fourth-order valence-corrected chi connectivity index (χ4v) is 2.64. The molecule has 0 radical (unpaired) electrons. The number of hydrogen-bond acceptors (Lipinski definition) is 0. The fourth-order valence-electron chi connectivity index (χ4n) is 2.64. The van der Waals surface area contributed by atoms with Crippen LogP contribution in [-0.4, -0.2) is 0 Å². The predicted molar refractivity (Wildman–Crippen MR) is 78.7 cm³/mol. The molecule has 0 nitrogen and oxygen atoms in total. The third-order valence-corrected chi connectivity index (χ3v) is 3.63. The van der Waals surface area contributed by atoms with Gasteiger partial charge in [-0.15, -0.1) is 0 Å². The van der Waals surface area contributed by atoms with Gasteiger partial charge in [-0.05, 0) is 42.0 Å². The average Bonchev–Trinajstić information content (AvgIpc) is 2.46. The molecule has 0 bridgehead atoms. The van der Waals surface area contributed by atoms with E-state index in [1.807, 2.05) is 0 Å². The molecule has 1 aliphatic carbocycles. The fraction of sp³-hybridized carbons (Fsp3) is 0.222. The first-order chi connectivity index (χ1) is 8.93. The summed E-state index contributed by atoms with van der Waals surface area (Å²) >= 11 is 0. The van der Waals surface area contributed by atoms with Gasteiger partial charge in [-0.1, -0.05) is 66.3 Å². The first-order valence-electron chi connectivity index (χ1n) is 6.76. The van der Waals surface area contributed by atoms with Crippen molar-refractivity contribution < 1.29 is 0 Å². The van der Waals surface area contributed by atoms with Gasteiger partial charge in [-0.3, -0.25) is 0 Å². The molecule has 90 valence electrons. The number of allylic oxidation sites excluding steroid dienone is 4. The van der Waals surface area contributed by atoms with Gasteiger partial charge in [0.25, 0.3) is 0 Å². The van der Waals surface area contributed by atoms with Gasteiger partial charge >= 0.3 is 0 Å². The molecule has 0 unspecified atom stereocenters. The minimum Gasteiger partial charge on any atom is -0.0840 e. The standard InChI is InChI=1S/C18H18/c1-2-7-15(8-3-1)13-14-17-11-6-10-16-9-4-5-12-18(16)17/h2,4-12H,1,3,13-14H2. The van der Waals surface area contributed by atoms with Crippen LogP contribution >= 0.6 is 0 Å². The highest BCUT2D eigenvalue weighted by Crippen LogP contribution is 2.22. The Morgan fingerprint density at radius 3 is 2.61 bits per heavy atom. The molecule has 0 N–H and O–H groups in total. The number of rotatable bonds is 3. The van der Waals surface area contributed by atoms with Crippen molar-refractivity contribution in [2.75, 3.05) is 0 Å². The van der Waals surface area contributed by atoms with E-state index in [4.69, 9.17) is 0 Å². The number of fused-ring (bicyclic) bond motifs is 1. The lowest BCUT2D eigenvalue weighted by Gasteiger charge is -2.09. The van der Waals surface area contributed by atoms with Crippen LogP contribution in [0.2, 0.25) is 0 Å². The van der Waals surface area contributed by atoms with Crippen molar-refractivity contribution in [3.8, 4) is 0 Å². The van der Waals surface area contributed by atoms with Crippen molar-refractivity contribution in [3.63, 3.8) is 0 Å². The van der Waals surface area contributed by atoms with E-state index in [-0.39, 0.29) is 0 Å². The quantitative estimate of drug-likeness (QED) is 0.697.